The summed E-state index contributed by atoms with van der Waals surface area (Å²) in [5.41, 5.74) is 0.0939. The third-order valence-electron chi connectivity index (χ3n) is 2.83. The maximum Gasteiger partial charge on any atom is 0.319 e. The number of hydrogen-bond acceptors (Lipinski definition) is 3. The summed E-state index contributed by atoms with van der Waals surface area (Å²) in [5.74, 6) is 0.163. The van der Waals surface area contributed by atoms with E-state index in [-0.39, 0.29) is 12.1 Å². The summed E-state index contributed by atoms with van der Waals surface area (Å²) in [5, 5.41) is 17.7. The van der Waals surface area contributed by atoms with Gasteiger partial charge < -0.3 is 15.7 Å². The molecule has 0 saturated carbocycles. The summed E-state index contributed by atoms with van der Waals surface area (Å²) in [6.45, 7) is -0.0890. The van der Waals surface area contributed by atoms with E-state index in [1.165, 1.54) is 11.3 Å². The van der Waals surface area contributed by atoms with Crippen molar-refractivity contribution in [2.45, 2.75) is 6.10 Å². The minimum Gasteiger partial charge on any atom is -0.387 e. The second kappa shape index (κ2) is 7.02. The molecule has 0 saturated heterocycles. The van der Waals surface area contributed by atoms with Gasteiger partial charge in [-0.3, -0.25) is 0 Å². The quantitative estimate of drug-likeness (QED) is 0.758. The second-order valence-electron chi connectivity index (χ2n) is 4.37. The number of urea groups is 1. The van der Waals surface area contributed by atoms with Crippen molar-refractivity contribution in [3.8, 4) is 12.3 Å². The van der Waals surface area contributed by atoms with E-state index in [1.807, 2.05) is 0 Å². The number of hydrogen-bond donors (Lipinski definition) is 3. The van der Waals surface area contributed by atoms with Crippen LogP contribution in [0.4, 0.5) is 19.3 Å². The number of halogens is 2. The molecule has 114 valence electrons. The molecule has 7 heteroatoms. The first-order valence-electron chi connectivity index (χ1n) is 6.22. The van der Waals surface area contributed by atoms with Crippen molar-refractivity contribution in [1.29, 1.82) is 0 Å². The molecule has 2 rings (SSSR count). The summed E-state index contributed by atoms with van der Waals surface area (Å²) in [6, 6.07) is 2.77. The molecule has 4 nitrogen and oxygen atoms in total. The average Bonchev–Trinajstić information content (AvgIpc) is 3.02. The SMILES string of the molecule is C#Cc1cc(F)c(NC(=O)NCC(O)c2ccsc2)c(F)c1. The monoisotopic (exact) mass is 322 g/mol. The highest BCUT2D eigenvalue weighted by Gasteiger charge is 2.15. The standard InChI is InChI=1S/C15H12F2N2O2S/c1-2-9-5-11(16)14(12(17)6-9)19-15(21)18-7-13(20)10-3-4-22-8-10/h1,3-6,8,13,20H,7H2,(H2,18,19,21). The van der Waals surface area contributed by atoms with E-state index in [9.17, 15) is 18.7 Å². The van der Waals surface area contributed by atoms with Gasteiger partial charge >= 0.3 is 6.03 Å². The Kier molecular flexibility index (Phi) is 5.09. The number of carbonyl (C=O) groups is 1. The Morgan fingerprint density at radius 1 is 1.41 bits per heavy atom. The van der Waals surface area contributed by atoms with E-state index in [1.54, 1.807) is 16.8 Å². The molecule has 2 amide bonds. The second-order valence-corrected chi connectivity index (χ2v) is 5.15. The molecular formula is C15H12F2N2O2S. The first kappa shape index (κ1) is 15.9. The Bertz CT molecular complexity index is 688. The molecule has 0 bridgehead atoms. The lowest BCUT2D eigenvalue weighted by Gasteiger charge is -2.12. The lowest BCUT2D eigenvalue weighted by atomic mass is 10.2. The fraction of sp³-hybridized carbons (Fsp3) is 0.133. The van der Waals surface area contributed by atoms with Gasteiger partial charge in [0.15, 0.2) is 11.6 Å². The van der Waals surface area contributed by atoms with Gasteiger partial charge in [0.1, 0.15) is 5.69 Å². The Hall–Kier alpha value is -2.43. The van der Waals surface area contributed by atoms with Crippen molar-refractivity contribution >= 4 is 23.1 Å². The topological polar surface area (TPSA) is 61.4 Å². The molecule has 0 fully saturated rings. The number of nitrogens with one attached hydrogen (secondary N) is 2. The molecule has 1 unspecified atom stereocenters. The van der Waals surface area contributed by atoms with E-state index in [0.717, 1.165) is 12.1 Å². The number of aliphatic hydroxyl groups excluding tert-OH is 1. The lowest BCUT2D eigenvalue weighted by Crippen LogP contribution is -2.32. The van der Waals surface area contributed by atoms with Crippen LogP contribution in [-0.4, -0.2) is 17.7 Å². The fourth-order valence-electron chi connectivity index (χ4n) is 1.71. The van der Waals surface area contributed by atoms with Crippen molar-refractivity contribution < 1.29 is 18.7 Å². The molecule has 0 radical (unpaired) electrons. The lowest BCUT2D eigenvalue weighted by molar-refractivity contribution is 0.175. The minimum absolute atomic E-state index is 0.0360. The van der Waals surface area contributed by atoms with Crippen molar-refractivity contribution in [3.63, 3.8) is 0 Å². The number of carbonyl (C=O) groups excluding carboxylic acids is 1. The predicted octanol–water partition coefficient (Wildman–Crippen LogP) is 2.86. The highest BCUT2D eigenvalue weighted by atomic mass is 32.1. The van der Waals surface area contributed by atoms with Gasteiger partial charge in [0.2, 0.25) is 0 Å². The number of benzene rings is 1. The zero-order chi connectivity index (χ0) is 16.1. The maximum atomic E-state index is 13.7. The largest absolute Gasteiger partial charge is 0.387 e. The van der Waals surface area contributed by atoms with Crippen LogP contribution in [0.1, 0.15) is 17.2 Å². The number of aliphatic hydroxyl groups is 1. The highest BCUT2D eigenvalue weighted by molar-refractivity contribution is 7.07. The molecular weight excluding hydrogens is 310 g/mol. The number of thiophene rings is 1. The molecule has 0 aliphatic carbocycles. The third kappa shape index (κ3) is 3.81. The van der Waals surface area contributed by atoms with E-state index >= 15 is 0 Å². The molecule has 1 aromatic heterocycles. The number of amides is 2. The van der Waals surface area contributed by atoms with Crippen LogP contribution < -0.4 is 10.6 Å². The van der Waals surface area contributed by atoms with Crippen LogP contribution in [0.15, 0.2) is 29.0 Å². The Morgan fingerprint density at radius 3 is 2.64 bits per heavy atom. The van der Waals surface area contributed by atoms with Crippen molar-refractivity contribution in [2.75, 3.05) is 11.9 Å². The van der Waals surface area contributed by atoms with Crippen LogP contribution in [0.3, 0.4) is 0 Å². The van der Waals surface area contributed by atoms with Crippen LogP contribution in [0.5, 0.6) is 0 Å². The van der Waals surface area contributed by atoms with E-state index in [0.29, 0.717) is 5.56 Å². The van der Waals surface area contributed by atoms with Gasteiger partial charge in [-0.25, -0.2) is 13.6 Å². The maximum absolute atomic E-state index is 13.7. The zero-order valence-corrected chi connectivity index (χ0v) is 12.1. The van der Waals surface area contributed by atoms with Crippen LogP contribution >= 0.6 is 11.3 Å². The summed E-state index contributed by atoms with van der Waals surface area (Å²) >= 11 is 1.41. The van der Waals surface area contributed by atoms with Crippen molar-refractivity contribution in [1.82, 2.24) is 5.32 Å². The minimum atomic E-state index is -0.971. The Balaban J connectivity index is 1.97. The van der Waals surface area contributed by atoms with Gasteiger partial charge in [0, 0.05) is 12.1 Å². The summed E-state index contributed by atoms with van der Waals surface area (Å²) in [4.78, 5) is 11.6. The summed E-state index contributed by atoms with van der Waals surface area (Å²) < 4.78 is 27.3. The molecule has 0 spiro atoms. The van der Waals surface area contributed by atoms with Crippen molar-refractivity contribution in [3.05, 3.63) is 51.7 Å². The number of rotatable bonds is 4. The molecule has 1 heterocycles. The van der Waals surface area contributed by atoms with E-state index in [4.69, 9.17) is 6.42 Å². The highest BCUT2D eigenvalue weighted by Crippen LogP contribution is 2.20. The van der Waals surface area contributed by atoms with Gasteiger partial charge in [0.05, 0.1) is 6.10 Å². The predicted molar refractivity (Wildman–Crippen MR) is 80.6 cm³/mol. The first-order valence-corrected chi connectivity index (χ1v) is 7.16. The van der Waals surface area contributed by atoms with Crippen molar-refractivity contribution in [2.24, 2.45) is 0 Å². The zero-order valence-electron chi connectivity index (χ0n) is 11.3. The molecule has 0 aliphatic heterocycles. The van der Waals surface area contributed by atoms with Gasteiger partial charge in [-0.2, -0.15) is 11.3 Å². The molecule has 2 aromatic rings. The van der Waals surface area contributed by atoms with Crippen LogP contribution in [0.25, 0.3) is 0 Å². The van der Waals surface area contributed by atoms with E-state index in [2.05, 4.69) is 16.6 Å². The molecule has 3 N–H and O–H groups in total. The third-order valence-corrected chi connectivity index (χ3v) is 3.53. The van der Waals surface area contributed by atoms with E-state index < -0.39 is 29.5 Å². The van der Waals surface area contributed by atoms with Crippen LogP contribution in [-0.2, 0) is 0 Å². The van der Waals surface area contributed by atoms with Crippen LogP contribution in [0, 0.1) is 24.0 Å². The fourth-order valence-corrected chi connectivity index (χ4v) is 2.41. The smallest absolute Gasteiger partial charge is 0.319 e. The van der Waals surface area contributed by atoms with Gasteiger partial charge in [-0.15, -0.1) is 6.42 Å². The molecule has 1 aromatic carbocycles. The number of terminal acetylenes is 1. The average molecular weight is 322 g/mol. The summed E-state index contributed by atoms with van der Waals surface area (Å²) in [7, 11) is 0. The van der Waals surface area contributed by atoms with Gasteiger partial charge in [-0.05, 0) is 34.5 Å². The van der Waals surface area contributed by atoms with Crippen LogP contribution in [0.2, 0.25) is 0 Å². The summed E-state index contributed by atoms with van der Waals surface area (Å²) in [6.07, 6.45) is 4.16. The Labute approximate surface area is 129 Å². The van der Waals surface area contributed by atoms with Gasteiger partial charge in [0.25, 0.3) is 0 Å². The Morgan fingerprint density at radius 2 is 2.09 bits per heavy atom. The number of anilines is 1. The first-order chi connectivity index (χ1) is 10.5. The normalized spacial score (nSPS) is 11.5. The molecule has 1 atom stereocenters. The molecule has 0 aliphatic rings. The molecule has 22 heavy (non-hydrogen) atoms. The van der Waals surface area contributed by atoms with Gasteiger partial charge in [-0.1, -0.05) is 5.92 Å².